The molecule has 1 heterocycles. The number of nitrogens with one attached hydrogen (secondary N) is 1. The molecule has 1 aromatic carbocycles. The summed E-state index contributed by atoms with van der Waals surface area (Å²) in [6.07, 6.45) is 2.10. The van der Waals surface area contributed by atoms with E-state index in [2.05, 4.69) is 37.4 Å². The van der Waals surface area contributed by atoms with Crippen LogP contribution >= 0.6 is 0 Å². The summed E-state index contributed by atoms with van der Waals surface area (Å²) in [5.74, 6) is 0.905. The summed E-state index contributed by atoms with van der Waals surface area (Å²) in [6, 6.07) is 8.41. The molecule has 1 aliphatic rings. The third-order valence-electron chi connectivity index (χ3n) is 3.66. The summed E-state index contributed by atoms with van der Waals surface area (Å²) < 4.78 is 0. The molecule has 0 unspecified atom stereocenters. The van der Waals surface area contributed by atoms with Crippen LogP contribution in [-0.4, -0.2) is 30.4 Å². The van der Waals surface area contributed by atoms with Gasteiger partial charge in [0.25, 0.3) is 0 Å². The highest BCUT2D eigenvalue weighted by molar-refractivity contribution is 5.78. The smallest absolute Gasteiger partial charge is 0.236 e. The molecule has 1 aliphatic heterocycles. The highest BCUT2D eigenvalue weighted by Gasteiger charge is 2.19. The molecule has 2 rings (SSSR count). The molecule has 3 nitrogen and oxygen atoms in total. The molecule has 1 N–H and O–H groups in total. The molecule has 0 spiro atoms. The Bertz CT molecular complexity index is 429. The van der Waals surface area contributed by atoms with Crippen LogP contribution in [0.15, 0.2) is 24.3 Å². The van der Waals surface area contributed by atoms with Gasteiger partial charge in [-0.05, 0) is 36.4 Å². The van der Waals surface area contributed by atoms with Crippen molar-refractivity contribution in [3.63, 3.8) is 0 Å². The maximum Gasteiger partial charge on any atom is 0.236 e. The van der Waals surface area contributed by atoms with E-state index in [1.54, 1.807) is 0 Å². The number of benzene rings is 1. The number of carbonyl (C=O) groups is 1. The van der Waals surface area contributed by atoms with Crippen LogP contribution in [0.1, 0.15) is 31.4 Å². The van der Waals surface area contributed by atoms with Gasteiger partial charge in [-0.3, -0.25) is 4.79 Å². The van der Waals surface area contributed by atoms with Crippen molar-refractivity contribution >= 4 is 5.91 Å². The number of amides is 1. The molecule has 3 heteroatoms. The molecule has 0 saturated heterocycles. The zero-order valence-corrected chi connectivity index (χ0v) is 12.0. The third-order valence-corrected chi connectivity index (χ3v) is 3.66. The van der Waals surface area contributed by atoms with Crippen LogP contribution in [0.25, 0.3) is 0 Å². The van der Waals surface area contributed by atoms with Gasteiger partial charge in [-0.2, -0.15) is 0 Å². The van der Waals surface area contributed by atoms with Gasteiger partial charge in [-0.15, -0.1) is 0 Å². The minimum absolute atomic E-state index is 0.221. The van der Waals surface area contributed by atoms with E-state index in [-0.39, 0.29) is 5.91 Å². The quantitative estimate of drug-likeness (QED) is 0.823. The van der Waals surface area contributed by atoms with Crippen molar-refractivity contribution in [1.82, 2.24) is 10.2 Å². The van der Waals surface area contributed by atoms with Gasteiger partial charge in [0.15, 0.2) is 0 Å². The summed E-state index contributed by atoms with van der Waals surface area (Å²) >= 11 is 0. The molecular formula is C16H24N2O. The Balaban J connectivity index is 1.79. The van der Waals surface area contributed by atoms with Gasteiger partial charge in [0.05, 0.1) is 6.54 Å². The molecule has 104 valence electrons. The average molecular weight is 260 g/mol. The van der Waals surface area contributed by atoms with Gasteiger partial charge in [-0.1, -0.05) is 38.1 Å². The molecule has 0 radical (unpaired) electrons. The van der Waals surface area contributed by atoms with E-state index in [1.165, 1.54) is 11.1 Å². The first-order valence-electron chi connectivity index (χ1n) is 7.22. The zero-order valence-electron chi connectivity index (χ0n) is 12.0. The molecule has 0 aliphatic carbocycles. The fourth-order valence-corrected chi connectivity index (χ4v) is 2.41. The largest absolute Gasteiger partial charge is 0.337 e. The van der Waals surface area contributed by atoms with Gasteiger partial charge < -0.3 is 10.2 Å². The van der Waals surface area contributed by atoms with Crippen molar-refractivity contribution in [2.24, 2.45) is 5.92 Å². The summed E-state index contributed by atoms with van der Waals surface area (Å²) in [7, 11) is 0. The maximum absolute atomic E-state index is 12.1. The minimum atomic E-state index is 0.221. The van der Waals surface area contributed by atoms with E-state index in [1.807, 2.05) is 11.0 Å². The Hall–Kier alpha value is -1.35. The summed E-state index contributed by atoms with van der Waals surface area (Å²) in [5.41, 5.74) is 2.68. The predicted octanol–water partition coefficient (Wildman–Crippen LogP) is 2.21. The van der Waals surface area contributed by atoms with Crippen LogP contribution in [0.5, 0.6) is 0 Å². The van der Waals surface area contributed by atoms with Crippen LogP contribution in [-0.2, 0) is 17.8 Å². The molecule has 0 atom stereocenters. The lowest BCUT2D eigenvalue weighted by molar-refractivity contribution is -0.131. The van der Waals surface area contributed by atoms with Gasteiger partial charge in [0.1, 0.15) is 0 Å². The van der Waals surface area contributed by atoms with Crippen LogP contribution < -0.4 is 5.32 Å². The number of hydrogen-bond acceptors (Lipinski definition) is 2. The van der Waals surface area contributed by atoms with E-state index < -0.39 is 0 Å². The standard InChI is InChI=1S/C16H24N2O/c1-13(2)7-9-17-11-16(19)18-10-8-14-5-3-4-6-15(14)12-18/h3-6,13,17H,7-12H2,1-2H3. The number of fused-ring (bicyclic) bond motifs is 1. The second kappa shape index (κ2) is 6.71. The molecule has 0 fully saturated rings. The second-order valence-corrected chi connectivity index (χ2v) is 5.69. The lowest BCUT2D eigenvalue weighted by Crippen LogP contribution is -2.41. The van der Waals surface area contributed by atoms with Crippen molar-refractivity contribution in [2.75, 3.05) is 19.6 Å². The van der Waals surface area contributed by atoms with Gasteiger partial charge in [0, 0.05) is 13.1 Å². The molecular weight excluding hydrogens is 236 g/mol. The van der Waals surface area contributed by atoms with Gasteiger partial charge in [0.2, 0.25) is 5.91 Å². The summed E-state index contributed by atoms with van der Waals surface area (Å²) in [6.45, 7) is 7.40. The Morgan fingerprint density at radius 3 is 2.79 bits per heavy atom. The first kappa shape index (κ1) is 14.1. The fraction of sp³-hybridized carbons (Fsp3) is 0.562. The summed E-state index contributed by atoms with van der Waals surface area (Å²) in [4.78, 5) is 14.1. The van der Waals surface area contributed by atoms with Crippen molar-refractivity contribution in [3.8, 4) is 0 Å². The highest BCUT2D eigenvalue weighted by atomic mass is 16.2. The average Bonchev–Trinajstić information content (AvgIpc) is 2.42. The second-order valence-electron chi connectivity index (χ2n) is 5.69. The van der Waals surface area contributed by atoms with Gasteiger partial charge in [-0.25, -0.2) is 0 Å². The van der Waals surface area contributed by atoms with Crippen molar-refractivity contribution in [1.29, 1.82) is 0 Å². The Morgan fingerprint density at radius 2 is 2.05 bits per heavy atom. The number of hydrogen-bond donors (Lipinski definition) is 1. The molecule has 0 bridgehead atoms. The van der Waals surface area contributed by atoms with Crippen molar-refractivity contribution in [2.45, 2.75) is 33.2 Å². The van der Waals surface area contributed by atoms with Crippen LogP contribution in [0, 0.1) is 5.92 Å². The topological polar surface area (TPSA) is 32.3 Å². The van der Waals surface area contributed by atoms with Crippen molar-refractivity contribution in [3.05, 3.63) is 35.4 Å². The van der Waals surface area contributed by atoms with E-state index in [0.717, 1.165) is 32.5 Å². The van der Waals surface area contributed by atoms with E-state index >= 15 is 0 Å². The zero-order chi connectivity index (χ0) is 13.7. The lowest BCUT2D eigenvalue weighted by atomic mass is 10.00. The van der Waals surface area contributed by atoms with E-state index in [4.69, 9.17) is 0 Å². The first-order chi connectivity index (χ1) is 9.16. The first-order valence-corrected chi connectivity index (χ1v) is 7.22. The lowest BCUT2D eigenvalue weighted by Gasteiger charge is -2.29. The van der Waals surface area contributed by atoms with Crippen LogP contribution in [0.3, 0.4) is 0 Å². The third kappa shape index (κ3) is 4.06. The molecule has 1 aromatic rings. The Kier molecular flexibility index (Phi) is 4.97. The summed E-state index contributed by atoms with van der Waals surface area (Å²) in [5, 5.41) is 3.25. The van der Waals surface area contributed by atoms with E-state index in [9.17, 15) is 4.79 Å². The number of nitrogens with zero attached hydrogens (tertiary/aromatic N) is 1. The number of rotatable bonds is 5. The molecule has 0 aromatic heterocycles. The minimum Gasteiger partial charge on any atom is -0.337 e. The Morgan fingerprint density at radius 1 is 1.32 bits per heavy atom. The molecule has 19 heavy (non-hydrogen) atoms. The van der Waals surface area contributed by atoms with Crippen LogP contribution in [0.2, 0.25) is 0 Å². The van der Waals surface area contributed by atoms with Gasteiger partial charge >= 0.3 is 0 Å². The fourth-order valence-electron chi connectivity index (χ4n) is 2.41. The van der Waals surface area contributed by atoms with Crippen LogP contribution in [0.4, 0.5) is 0 Å². The monoisotopic (exact) mass is 260 g/mol. The predicted molar refractivity (Wildman–Crippen MR) is 77.9 cm³/mol. The molecule has 1 amide bonds. The number of carbonyl (C=O) groups excluding carboxylic acids is 1. The highest BCUT2D eigenvalue weighted by Crippen LogP contribution is 2.18. The maximum atomic E-state index is 12.1. The SMILES string of the molecule is CC(C)CCNCC(=O)N1CCc2ccccc2C1. The Labute approximate surface area is 116 Å². The van der Waals surface area contributed by atoms with E-state index in [0.29, 0.717) is 12.5 Å². The molecule has 0 saturated carbocycles. The normalized spacial score (nSPS) is 14.6. The van der Waals surface area contributed by atoms with Crippen molar-refractivity contribution < 1.29 is 4.79 Å².